The van der Waals surface area contributed by atoms with Crippen LogP contribution in [0.5, 0.6) is 0 Å². The second kappa shape index (κ2) is 7.02. The van der Waals surface area contributed by atoms with Gasteiger partial charge in [0.05, 0.1) is 5.75 Å². The Morgan fingerprint density at radius 3 is 2.56 bits per heavy atom. The lowest BCUT2D eigenvalue weighted by Gasteiger charge is -2.05. The summed E-state index contributed by atoms with van der Waals surface area (Å²) in [4.78, 5) is 27.8. The molecule has 7 nitrogen and oxygen atoms in total. The summed E-state index contributed by atoms with van der Waals surface area (Å²) in [5, 5.41) is 11.6. The number of Topliss-reactive ketones (excluding diaryl/α,β-unsaturated/α-hetero) is 1. The predicted octanol–water partition coefficient (Wildman–Crippen LogP) is 2.67. The van der Waals surface area contributed by atoms with Crippen LogP contribution in [-0.2, 0) is 4.79 Å². The molecule has 0 saturated carbocycles. The number of carbonyl (C=O) groups is 2. The van der Waals surface area contributed by atoms with Crippen LogP contribution in [0.15, 0.2) is 35.5 Å². The summed E-state index contributed by atoms with van der Waals surface area (Å²) < 4.78 is 1.84. The Bertz CT molecular complexity index is 950. The molecule has 0 aliphatic carbocycles. The molecule has 0 radical (unpaired) electrons. The third-order valence-electron chi connectivity index (χ3n) is 3.52. The highest BCUT2D eigenvalue weighted by Crippen LogP contribution is 2.20. The third kappa shape index (κ3) is 3.85. The Hall–Kier alpha value is -2.74. The molecule has 0 spiro atoms. The van der Waals surface area contributed by atoms with Gasteiger partial charge in [0.1, 0.15) is 5.82 Å². The zero-order chi connectivity index (χ0) is 18.0. The van der Waals surface area contributed by atoms with Gasteiger partial charge in [-0.2, -0.15) is 0 Å². The van der Waals surface area contributed by atoms with E-state index in [1.54, 1.807) is 24.3 Å². The fourth-order valence-corrected chi connectivity index (χ4v) is 3.33. The molecule has 1 amide bonds. The molecule has 3 rings (SSSR count). The minimum Gasteiger partial charge on any atom is -0.326 e. The Balaban J connectivity index is 1.71. The fraction of sp³-hybridized carbons (Fsp3) is 0.235. The molecule has 0 fully saturated rings. The lowest BCUT2D eigenvalue weighted by molar-refractivity contribution is -0.114. The number of nitrogens with zero attached hydrogens (tertiary/aromatic N) is 4. The summed E-state index contributed by atoms with van der Waals surface area (Å²) in [5.41, 5.74) is 2.85. The van der Waals surface area contributed by atoms with E-state index in [1.165, 1.54) is 18.7 Å². The van der Waals surface area contributed by atoms with Crippen molar-refractivity contribution >= 4 is 34.8 Å². The van der Waals surface area contributed by atoms with Crippen molar-refractivity contribution in [3.63, 3.8) is 0 Å². The molecule has 0 aliphatic heterocycles. The van der Waals surface area contributed by atoms with Gasteiger partial charge in [0.2, 0.25) is 5.91 Å². The number of hydrogen-bond donors (Lipinski definition) is 1. The van der Waals surface area contributed by atoms with E-state index in [0.717, 1.165) is 17.2 Å². The predicted molar refractivity (Wildman–Crippen MR) is 96.1 cm³/mol. The van der Waals surface area contributed by atoms with E-state index in [1.807, 2.05) is 24.3 Å². The normalized spacial score (nSPS) is 10.8. The molecular formula is C17H17N5O2S. The number of hydrogen-bond acceptors (Lipinski definition) is 6. The number of aryl methyl sites for hydroxylation is 2. The Morgan fingerprint density at radius 1 is 1.16 bits per heavy atom. The highest BCUT2D eigenvalue weighted by Gasteiger charge is 2.13. The first kappa shape index (κ1) is 17.1. The van der Waals surface area contributed by atoms with Gasteiger partial charge in [0.25, 0.3) is 0 Å². The molecule has 128 valence electrons. The first-order valence-electron chi connectivity index (χ1n) is 7.67. The number of ketones is 1. The SMILES string of the molecule is CC(=O)Nc1ccc(C(=O)CSc2nnc3cc(C)nc(C)n23)cc1. The van der Waals surface area contributed by atoms with E-state index in [2.05, 4.69) is 20.5 Å². The molecule has 3 aromatic rings. The van der Waals surface area contributed by atoms with Crippen molar-refractivity contribution in [2.75, 3.05) is 11.1 Å². The summed E-state index contributed by atoms with van der Waals surface area (Å²) in [5.74, 6) is 0.865. The van der Waals surface area contributed by atoms with E-state index in [0.29, 0.717) is 16.4 Å². The maximum atomic E-state index is 12.4. The number of carbonyl (C=O) groups excluding carboxylic acids is 2. The zero-order valence-electron chi connectivity index (χ0n) is 14.1. The first-order chi connectivity index (χ1) is 11.9. The molecule has 0 unspecified atom stereocenters. The maximum Gasteiger partial charge on any atom is 0.221 e. The molecular weight excluding hydrogens is 338 g/mol. The van der Waals surface area contributed by atoms with Gasteiger partial charge in [-0.15, -0.1) is 10.2 Å². The van der Waals surface area contributed by atoms with Crippen molar-refractivity contribution in [2.24, 2.45) is 0 Å². The van der Waals surface area contributed by atoms with Gasteiger partial charge in [-0.05, 0) is 38.1 Å². The summed E-state index contributed by atoms with van der Waals surface area (Å²) in [6.07, 6.45) is 0. The van der Waals surface area contributed by atoms with Crippen LogP contribution in [0.1, 0.15) is 28.8 Å². The van der Waals surface area contributed by atoms with Gasteiger partial charge in [-0.25, -0.2) is 4.98 Å². The van der Waals surface area contributed by atoms with Crippen LogP contribution < -0.4 is 5.32 Å². The molecule has 0 atom stereocenters. The van der Waals surface area contributed by atoms with Crippen molar-refractivity contribution in [3.05, 3.63) is 47.4 Å². The quantitative estimate of drug-likeness (QED) is 0.559. The van der Waals surface area contributed by atoms with Crippen molar-refractivity contribution in [3.8, 4) is 0 Å². The molecule has 1 aromatic carbocycles. The average Bonchev–Trinajstić information content (AvgIpc) is 2.96. The van der Waals surface area contributed by atoms with Crippen molar-refractivity contribution in [1.29, 1.82) is 0 Å². The second-order valence-corrected chi connectivity index (χ2v) is 6.53. The standard InChI is InChI=1S/C17H17N5O2S/c1-10-8-16-20-21-17(22(16)11(2)18-10)25-9-15(24)13-4-6-14(7-5-13)19-12(3)23/h4-8H,9H2,1-3H3,(H,19,23). The molecule has 0 saturated heterocycles. The molecule has 2 heterocycles. The monoisotopic (exact) mass is 355 g/mol. The second-order valence-electron chi connectivity index (χ2n) is 5.59. The molecule has 1 N–H and O–H groups in total. The lowest BCUT2D eigenvalue weighted by Crippen LogP contribution is -2.07. The van der Waals surface area contributed by atoms with Crippen LogP contribution in [0.2, 0.25) is 0 Å². The number of rotatable bonds is 5. The first-order valence-corrected chi connectivity index (χ1v) is 8.65. The topological polar surface area (TPSA) is 89.2 Å². The van der Waals surface area contributed by atoms with Crippen LogP contribution in [0.4, 0.5) is 5.69 Å². The Kier molecular flexibility index (Phi) is 4.80. The molecule has 2 aromatic heterocycles. The molecule has 0 aliphatic rings. The number of nitrogens with one attached hydrogen (secondary N) is 1. The van der Waals surface area contributed by atoms with E-state index in [9.17, 15) is 9.59 Å². The number of anilines is 1. The highest BCUT2D eigenvalue weighted by atomic mass is 32.2. The third-order valence-corrected chi connectivity index (χ3v) is 4.45. The Labute approximate surface area is 148 Å². The zero-order valence-corrected chi connectivity index (χ0v) is 14.9. The number of fused-ring (bicyclic) bond motifs is 1. The van der Waals surface area contributed by atoms with Crippen LogP contribution in [0.25, 0.3) is 5.65 Å². The van der Waals surface area contributed by atoms with Crippen LogP contribution in [0, 0.1) is 13.8 Å². The summed E-state index contributed by atoms with van der Waals surface area (Å²) in [6.45, 7) is 5.23. The number of amides is 1. The molecule has 8 heteroatoms. The minimum absolute atomic E-state index is 0.0196. The van der Waals surface area contributed by atoms with Crippen molar-refractivity contribution in [1.82, 2.24) is 19.6 Å². The summed E-state index contributed by atoms with van der Waals surface area (Å²) in [6, 6.07) is 8.68. The largest absolute Gasteiger partial charge is 0.326 e. The summed E-state index contributed by atoms with van der Waals surface area (Å²) >= 11 is 1.32. The molecule has 25 heavy (non-hydrogen) atoms. The van der Waals surface area contributed by atoms with E-state index < -0.39 is 0 Å². The van der Waals surface area contributed by atoms with Gasteiger partial charge in [-0.3, -0.25) is 14.0 Å². The van der Waals surface area contributed by atoms with Crippen LogP contribution in [0.3, 0.4) is 0 Å². The van der Waals surface area contributed by atoms with E-state index in [-0.39, 0.29) is 17.4 Å². The fourth-order valence-electron chi connectivity index (χ4n) is 2.45. The number of aromatic nitrogens is 4. The van der Waals surface area contributed by atoms with E-state index >= 15 is 0 Å². The lowest BCUT2D eigenvalue weighted by atomic mass is 10.1. The van der Waals surface area contributed by atoms with Crippen molar-refractivity contribution in [2.45, 2.75) is 25.9 Å². The smallest absolute Gasteiger partial charge is 0.221 e. The summed E-state index contributed by atoms with van der Waals surface area (Å²) in [7, 11) is 0. The minimum atomic E-state index is -0.146. The number of benzene rings is 1. The van der Waals surface area contributed by atoms with Gasteiger partial charge >= 0.3 is 0 Å². The highest BCUT2D eigenvalue weighted by molar-refractivity contribution is 7.99. The maximum absolute atomic E-state index is 12.4. The van der Waals surface area contributed by atoms with Crippen molar-refractivity contribution < 1.29 is 9.59 Å². The van der Waals surface area contributed by atoms with Gasteiger partial charge in [-0.1, -0.05) is 11.8 Å². The van der Waals surface area contributed by atoms with Crippen LogP contribution in [-0.4, -0.2) is 37.0 Å². The Morgan fingerprint density at radius 2 is 1.88 bits per heavy atom. The molecule has 0 bridgehead atoms. The van der Waals surface area contributed by atoms with Gasteiger partial charge in [0, 0.05) is 29.9 Å². The van der Waals surface area contributed by atoms with Crippen LogP contribution >= 0.6 is 11.8 Å². The van der Waals surface area contributed by atoms with Gasteiger partial charge in [0.15, 0.2) is 16.6 Å². The van der Waals surface area contributed by atoms with E-state index in [4.69, 9.17) is 0 Å². The number of thioether (sulfide) groups is 1. The van der Waals surface area contributed by atoms with Gasteiger partial charge < -0.3 is 5.32 Å². The average molecular weight is 355 g/mol.